The maximum atomic E-state index is 11.9. The standard InChI is InChI=1S/C16H16N2O6/c1-2-7-17-16(22)18-14(20)9-23-15(21)13-8-11(19)10-5-3-4-6-12(10)24-13/h3-6,8H,2,7,9H2,1H3,(H2,17,18,20,22). The lowest BCUT2D eigenvalue weighted by Crippen LogP contribution is -2.41. The van der Waals surface area contributed by atoms with Crippen LogP contribution in [0.4, 0.5) is 4.79 Å². The van der Waals surface area contributed by atoms with Gasteiger partial charge in [0.1, 0.15) is 5.58 Å². The van der Waals surface area contributed by atoms with Crippen LogP contribution in [0, 0.1) is 0 Å². The Bertz CT molecular complexity index is 827. The van der Waals surface area contributed by atoms with E-state index in [1.165, 1.54) is 6.07 Å². The number of imide groups is 1. The van der Waals surface area contributed by atoms with E-state index in [0.717, 1.165) is 12.5 Å². The van der Waals surface area contributed by atoms with Crippen molar-refractivity contribution in [2.75, 3.05) is 13.2 Å². The molecule has 1 heterocycles. The van der Waals surface area contributed by atoms with E-state index in [1.54, 1.807) is 18.2 Å². The molecule has 0 bridgehead atoms. The lowest BCUT2D eigenvalue weighted by Gasteiger charge is -2.06. The van der Waals surface area contributed by atoms with Crippen LogP contribution in [0.15, 0.2) is 39.5 Å². The van der Waals surface area contributed by atoms with Gasteiger partial charge >= 0.3 is 12.0 Å². The molecule has 0 unspecified atom stereocenters. The van der Waals surface area contributed by atoms with E-state index in [2.05, 4.69) is 5.32 Å². The van der Waals surface area contributed by atoms with Crippen LogP contribution < -0.4 is 16.1 Å². The van der Waals surface area contributed by atoms with Crippen molar-refractivity contribution < 1.29 is 23.5 Å². The summed E-state index contributed by atoms with van der Waals surface area (Å²) in [6.07, 6.45) is 0.720. The fourth-order valence-corrected chi connectivity index (χ4v) is 1.85. The zero-order valence-corrected chi connectivity index (χ0v) is 13.0. The molecule has 126 valence electrons. The van der Waals surface area contributed by atoms with Crippen LogP contribution in [0.2, 0.25) is 0 Å². The second-order valence-corrected chi connectivity index (χ2v) is 4.85. The van der Waals surface area contributed by atoms with E-state index in [1.807, 2.05) is 12.2 Å². The third-order valence-electron chi connectivity index (χ3n) is 2.96. The first-order valence-electron chi connectivity index (χ1n) is 7.29. The van der Waals surface area contributed by atoms with Crippen molar-refractivity contribution in [3.63, 3.8) is 0 Å². The number of carbonyl (C=O) groups excluding carboxylic acids is 3. The molecule has 2 N–H and O–H groups in total. The summed E-state index contributed by atoms with van der Waals surface area (Å²) in [7, 11) is 0. The summed E-state index contributed by atoms with van der Waals surface area (Å²) in [5.41, 5.74) is -0.160. The smallest absolute Gasteiger partial charge is 0.374 e. The molecule has 0 aliphatic carbocycles. The maximum absolute atomic E-state index is 11.9. The van der Waals surface area contributed by atoms with E-state index in [9.17, 15) is 19.2 Å². The number of carbonyl (C=O) groups is 3. The molecular weight excluding hydrogens is 316 g/mol. The van der Waals surface area contributed by atoms with Crippen LogP contribution in [0.1, 0.15) is 23.9 Å². The molecule has 24 heavy (non-hydrogen) atoms. The average molecular weight is 332 g/mol. The number of para-hydroxylation sites is 1. The molecule has 1 aromatic carbocycles. The van der Waals surface area contributed by atoms with Gasteiger partial charge in [0.05, 0.1) is 5.39 Å². The van der Waals surface area contributed by atoms with Gasteiger partial charge in [0, 0.05) is 12.6 Å². The van der Waals surface area contributed by atoms with Gasteiger partial charge in [0.25, 0.3) is 5.91 Å². The van der Waals surface area contributed by atoms with Crippen LogP contribution in [-0.4, -0.2) is 31.1 Å². The molecule has 8 heteroatoms. The highest BCUT2D eigenvalue weighted by Crippen LogP contribution is 2.12. The van der Waals surface area contributed by atoms with Crippen LogP contribution in [0.25, 0.3) is 11.0 Å². The molecule has 0 saturated carbocycles. The summed E-state index contributed by atoms with van der Waals surface area (Å²) in [5, 5.41) is 4.78. The molecule has 3 amide bonds. The number of hydrogen-bond acceptors (Lipinski definition) is 6. The van der Waals surface area contributed by atoms with Gasteiger partial charge in [-0.05, 0) is 18.6 Å². The molecule has 0 fully saturated rings. The monoisotopic (exact) mass is 332 g/mol. The summed E-state index contributed by atoms with van der Waals surface area (Å²) in [5.74, 6) is -2.08. The van der Waals surface area contributed by atoms with Gasteiger partial charge in [-0.3, -0.25) is 14.9 Å². The number of nitrogens with one attached hydrogen (secondary N) is 2. The number of hydrogen-bond donors (Lipinski definition) is 2. The molecule has 0 atom stereocenters. The summed E-state index contributed by atoms with van der Waals surface area (Å²) in [4.78, 5) is 46.5. The minimum atomic E-state index is -0.970. The Kier molecular flexibility index (Phi) is 5.67. The Hall–Kier alpha value is -3.16. The zero-order chi connectivity index (χ0) is 17.5. The highest BCUT2D eigenvalue weighted by Gasteiger charge is 2.16. The molecular formula is C16H16N2O6. The van der Waals surface area contributed by atoms with Gasteiger partial charge in [0.2, 0.25) is 5.76 Å². The summed E-state index contributed by atoms with van der Waals surface area (Å²) >= 11 is 0. The van der Waals surface area contributed by atoms with Gasteiger partial charge < -0.3 is 14.5 Å². The highest BCUT2D eigenvalue weighted by molar-refractivity contribution is 5.96. The van der Waals surface area contributed by atoms with Crippen LogP contribution >= 0.6 is 0 Å². The molecule has 0 saturated heterocycles. The van der Waals surface area contributed by atoms with Crippen molar-refractivity contribution in [3.05, 3.63) is 46.3 Å². The minimum absolute atomic E-state index is 0.236. The number of amides is 3. The van der Waals surface area contributed by atoms with Gasteiger partial charge in [-0.1, -0.05) is 19.1 Å². The molecule has 0 aliphatic heterocycles. The largest absolute Gasteiger partial charge is 0.450 e. The van der Waals surface area contributed by atoms with Crippen molar-refractivity contribution in [2.24, 2.45) is 0 Å². The highest BCUT2D eigenvalue weighted by atomic mass is 16.5. The predicted octanol–water partition coefficient (Wildman–Crippen LogP) is 1.19. The number of benzene rings is 1. The SMILES string of the molecule is CCCNC(=O)NC(=O)COC(=O)c1cc(=O)c2ccccc2o1. The maximum Gasteiger partial charge on any atom is 0.374 e. The number of ether oxygens (including phenoxy) is 1. The van der Waals surface area contributed by atoms with Gasteiger partial charge in [0.15, 0.2) is 12.0 Å². The molecule has 2 rings (SSSR count). The van der Waals surface area contributed by atoms with E-state index < -0.39 is 29.9 Å². The lowest BCUT2D eigenvalue weighted by molar-refractivity contribution is -0.123. The Morgan fingerprint density at radius 2 is 1.96 bits per heavy atom. The topological polar surface area (TPSA) is 115 Å². The van der Waals surface area contributed by atoms with Crippen molar-refractivity contribution in [2.45, 2.75) is 13.3 Å². The Balaban J connectivity index is 1.96. The Morgan fingerprint density at radius 3 is 2.71 bits per heavy atom. The second kappa shape index (κ2) is 7.91. The normalized spacial score (nSPS) is 10.2. The van der Waals surface area contributed by atoms with Crippen molar-refractivity contribution in [1.82, 2.24) is 10.6 Å². The van der Waals surface area contributed by atoms with E-state index >= 15 is 0 Å². The first-order chi connectivity index (χ1) is 11.5. The number of urea groups is 1. The summed E-state index contributed by atoms with van der Waals surface area (Å²) in [6.45, 7) is 1.61. The Labute approximate surface area is 136 Å². The molecule has 1 aromatic heterocycles. The average Bonchev–Trinajstić information content (AvgIpc) is 2.57. The molecule has 2 aromatic rings. The zero-order valence-electron chi connectivity index (χ0n) is 13.0. The van der Waals surface area contributed by atoms with Crippen LogP contribution in [0.5, 0.6) is 0 Å². The fraction of sp³-hybridized carbons (Fsp3) is 0.250. The van der Waals surface area contributed by atoms with Crippen LogP contribution in [-0.2, 0) is 9.53 Å². The first-order valence-corrected chi connectivity index (χ1v) is 7.29. The quantitative estimate of drug-likeness (QED) is 0.795. The van der Waals surface area contributed by atoms with E-state index in [4.69, 9.17) is 9.15 Å². The fourth-order valence-electron chi connectivity index (χ4n) is 1.85. The van der Waals surface area contributed by atoms with Gasteiger partial charge in [-0.25, -0.2) is 9.59 Å². The molecule has 0 aliphatic rings. The third kappa shape index (κ3) is 4.42. The van der Waals surface area contributed by atoms with Crippen molar-refractivity contribution >= 4 is 28.9 Å². The molecule has 0 radical (unpaired) electrons. The van der Waals surface area contributed by atoms with Gasteiger partial charge in [-0.2, -0.15) is 0 Å². The van der Waals surface area contributed by atoms with Gasteiger partial charge in [-0.15, -0.1) is 0 Å². The number of rotatable bonds is 5. The number of esters is 1. The molecule has 8 nitrogen and oxygen atoms in total. The lowest BCUT2D eigenvalue weighted by atomic mass is 10.2. The first kappa shape index (κ1) is 17.2. The third-order valence-corrected chi connectivity index (χ3v) is 2.96. The summed E-state index contributed by atoms with van der Waals surface area (Å²) < 4.78 is 10.0. The number of fused-ring (bicyclic) bond motifs is 1. The van der Waals surface area contributed by atoms with E-state index in [0.29, 0.717) is 11.9 Å². The predicted molar refractivity (Wildman–Crippen MR) is 84.6 cm³/mol. The summed E-state index contributed by atoms with van der Waals surface area (Å²) in [6, 6.07) is 6.76. The van der Waals surface area contributed by atoms with Crippen molar-refractivity contribution in [1.29, 1.82) is 0 Å². The van der Waals surface area contributed by atoms with Crippen LogP contribution in [0.3, 0.4) is 0 Å². The molecule has 0 spiro atoms. The Morgan fingerprint density at radius 1 is 1.21 bits per heavy atom. The minimum Gasteiger partial charge on any atom is -0.450 e. The van der Waals surface area contributed by atoms with E-state index in [-0.39, 0.29) is 11.3 Å². The second-order valence-electron chi connectivity index (χ2n) is 4.85. The van der Waals surface area contributed by atoms with Crippen molar-refractivity contribution in [3.8, 4) is 0 Å².